The number of hydrogen-bond donors (Lipinski definition) is 1. The highest BCUT2D eigenvalue weighted by molar-refractivity contribution is 5.92. The van der Waals surface area contributed by atoms with Crippen molar-refractivity contribution in [3.05, 3.63) is 77.9 Å². The fourth-order valence-corrected chi connectivity index (χ4v) is 4.13. The van der Waals surface area contributed by atoms with Crippen molar-refractivity contribution >= 4 is 17.6 Å². The fourth-order valence-electron chi connectivity index (χ4n) is 4.13. The Morgan fingerprint density at radius 1 is 1.06 bits per heavy atom. The van der Waals surface area contributed by atoms with Crippen LogP contribution in [-0.2, 0) is 9.53 Å². The molecule has 4 rings (SSSR count). The monoisotopic (exact) mass is 448 g/mol. The van der Waals surface area contributed by atoms with Gasteiger partial charge in [0.25, 0.3) is 0 Å². The molecular formula is C27H32N2O4. The van der Waals surface area contributed by atoms with Crippen LogP contribution < -0.4 is 4.74 Å². The van der Waals surface area contributed by atoms with Crippen molar-refractivity contribution < 1.29 is 19.4 Å². The van der Waals surface area contributed by atoms with Gasteiger partial charge < -0.3 is 19.5 Å². The molecule has 0 spiro atoms. The number of amides is 1. The molecule has 1 fully saturated rings. The molecule has 0 aromatic heterocycles. The molecule has 0 aliphatic carbocycles. The second-order valence-electron chi connectivity index (χ2n) is 8.38. The van der Waals surface area contributed by atoms with Crippen molar-refractivity contribution in [3.8, 4) is 5.75 Å². The zero-order valence-electron chi connectivity index (χ0n) is 18.9. The number of carbonyl (C=O) groups excluding carboxylic acids is 1. The first-order valence-corrected chi connectivity index (χ1v) is 11.6. The second kappa shape index (κ2) is 11.8. The normalized spacial score (nSPS) is 18.2. The molecule has 1 amide bonds. The summed E-state index contributed by atoms with van der Waals surface area (Å²) in [6.45, 7) is 4.90. The maximum absolute atomic E-state index is 12.4. The third-order valence-corrected chi connectivity index (χ3v) is 5.99. The second-order valence-corrected chi connectivity index (χ2v) is 8.38. The van der Waals surface area contributed by atoms with E-state index in [4.69, 9.17) is 9.47 Å². The van der Waals surface area contributed by atoms with Crippen LogP contribution in [0.3, 0.4) is 0 Å². The van der Waals surface area contributed by atoms with Gasteiger partial charge >= 0.3 is 0 Å². The van der Waals surface area contributed by atoms with Gasteiger partial charge in [0.1, 0.15) is 18.5 Å². The van der Waals surface area contributed by atoms with E-state index in [1.165, 1.54) is 11.1 Å². The molecule has 2 heterocycles. The van der Waals surface area contributed by atoms with E-state index in [-0.39, 0.29) is 12.5 Å². The molecule has 1 N–H and O–H groups in total. The quantitative estimate of drug-likeness (QED) is 0.629. The van der Waals surface area contributed by atoms with Crippen molar-refractivity contribution in [3.63, 3.8) is 0 Å². The molecule has 2 aliphatic heterocycles. The number of β-amino-alcohol motifs (C(OH)–C–C–N with tert-alkyl or cyclic N) is 1. The van der Waals surface area contributed by atoms with Gasteiger partial charge in [-0.3, -0.25) is 9.69 Å². The van der Waals surface area contributed by atoms with Gasteiger partial charge in [0, 0.05) is 44.4 Å². The van der Waals surface area contributed by atoms with Crippen LogP contribution in [0, 0.1) is 0 Å². The topological polar surface area (TPSA) is 62.2 Å². The first kappa shape index (κ1) is 23.2. The van der Waals surface area contributed by atoms with Crippen molar-refractivity contribution in [2.45, 2.75) is 12.5 Å². The minimum atomic E-state index is -0.594. The van der Waals surface area contributed by atoms with E-state index in [1.54, 1.807) is 17.1 Å². The number of hydrogen-bond acceptors (Lipinski definition) is 5. The molecule has 2 aliphatic rings. The van der Waals surface area contributed by atoms with E-state index in [9.17, 15) is 9.90 Å². The molecule has 1 saturated heterocycles. The van der Waals surface area contributed by atoms with Crippen molar-refractivity contribution in [1.82, 2.24) is 9.80 Å². The summed E-state index contributed by atoms with van der Waals surface area (Å²) in [4.78, 5) is 16.4. The number of para-hydroxylation sites is 1. The Hall–Kier alpha value is -2.93. The summed E-state index contributed by atoms with van der Waals surface area (Å²) in [6, 6.07) is 18.0. The number of benzene rings is 2. The number of aliphatic hydroxyl groups is 1. The minimum absolute atomic E-state index is 0.0267. The average Bonchev–Trinajstić information content (AvgIpc) is 2.88. The zero-order valence-corrected chi connectivity index (χ0v) is 18.9. The van der Waals surface area contributed by atoms with Gasteiger partial charge in [-0.25, -0.2) is 0 Å². The van der Waals surface area contributed by atoms with Gasteiger partial charge in [-0.15, -0.1) is 0 Å². The Labute approximate surface area is 195 Å². The van der Waals surface area contributed by atoms with E-state index in [0.29, 0.717) is 38.6 Å². The summed E-state index contributed by atoms with van der Waals surface area (Å²) in [7, 11) is 0. The summed E-state index contributed by atoms with van der Waals surface area (Å²) in [5, 5.41) is 10.5. The molecule has 1 atom stereocenters. The minimum Gasteiger partial charge on any atom is -0.490 e. The van der Waals surface area contributed by atoms with Crippen LogP contribution in [0.2, 0.25) is 0 Å². The van der Waals surface area contributed by atoms with Crippen molar-refractivity contribution in [1.29, 1.82) is 0 Å². The first-order valence-electron chi connectivity index (χ1n) is 11.6. The molecule has 0 radical (unpaired) electrons. The number of rotatable bonds is 8. The smallest absolute Gasteiger partial charge is 0.246 e. The average molecular weight is 449 g/mol. The van der Waals surface area contributed by atoms with Crippen LogP contribution in [0.1, 0.15) is 17.5 Å². The fraction of sp³-hybridized carbons (Fsp3) is 0.370. The summed E-state index contributed by atoms with van der Waals surface area (Å²) in [5.41, 5.74) is 3.46. The Kier molecular flexibility index (Phi) is 8.30. The Morgan fingerprint density at radius 3 is 2.58 bits per heavy atom. The van der Waals surface area contributed by atoms with Crippen LogP contribution in [0.25, 0.3) is 11.6 Å². The molecule has 0 bridgehead atoms. The molecule has 2 aromatic carbocycles. The first-order chi connectivity index (χ1) is 16.2. The number of nitrogens with zero attached hydrogens (tertiary/aromatic N) is 2. The van der Waals surface area contributed by atoms with E-state index < -0.39 is 6.10 Å². The Morgan fingerprint density at radius 2 is 1.82 bits per heavy atom. The van der Waals surface area contributed by atoms with E-state index in [2.05, 4.69) is 35.2 Å². The van der Waals surface area contributed by atoms with Crippen LogP contribution >= 0.6 is 0 Å². The lowest BCUT2D eigenvalue weighted by molar-refractivity contribution is -0.129. The third-order valence-electron chi connectivity index (χ3n) is 5.99. The Bertz CT molecular complexity index is 967. The van der Waals surface area contributed by atoms with Crippen LogP contribution in [0.15, 0.2) is 66.7 Å². The molecular weight excluding hydrogens is 416 g/mol. The molecule has 6 nitrogen and oxygen atoms in total. The summed E-state index contributed by atoms with van der Waals surface area (Å²) >= 11 is 0. The highest BCUT2D eigenvalue weighted by Gasteiger charge is 2.17. The van der Waals surface area contributed by atoms with E-state index in [1.807, 2.05) is 30.3 Å². The highest BCUT2D eigenvalue weighted by Crippen LogP contribution is 2.23. The third kappa shape index (κ3) is 6.78. The largest absolute Gasteiger partial charge is 0.490 e. The predicted octanol–water partition coefficient (Wildman–Crippen LogP) is 3.09. The lowest BCUT2D eigenvalue weighted by atomic mass is 9.99. The highest BCUT2D eigenvalue weighted by atomic mass is 16.5. The van der Waals surface area contributed by atoms with Crippen molar-refractivity contribution in [2.75, 3.05) is 52.5 Å². The van der Waals surface area contributed by atoms with Gasteiger partial charge in [0.2, 0.25) is 5.91 Å². The van der Waals surface area contributed by atoms with Gasteiger partial charge in [-0.05, 0) is 29.7 Å². The van der Waals surface area contributed by atoms with Gasteiger partial charge in [0.05, 0.1) is 13.2 Å². The van der Waals surface area contributed by atoms with Crippen LogP contribution in [0.4, 0.5) is 0 Å². The zero-order chi connectivity index (χ0) is 22.9. The number of ether oxygens (including phenoxy) is 2. The molecule has 6 heteroatoms. The maximum Gasteiger partial charge on any atom is 0.246 e. The lowest BCUT2D eigenvalue weighted by Gasteiger charge is -2.28. The summed E-state index contributed by atoms with van der Waals surface area (Å²) in [5.74, 6) is 0.633. The SMILES string of the molecule is O=C(C=Cc1ccccc1OCC(O)CN1CC=C(c2ccccc2)CC1)N1CCOCC1. The Balaban J connectivity index is 1.26. The molecule has 33 heavy (non-hydrogen) atoms. The van der Waals surface area contributed by atoms with Gasteiger partial charge in [-0.1, -0.05) is 54.6 Å². The predicted molar refractivity (Wildman–Crippen MR) is 130 cm³/mol. The molecule has 174 valence electrons. The number of carbonyl (C=O) groups is 1. The van der Waals surface area contributed by atoms with E-state index >= 15 is 0 Å². The lowest BCUT2D eigenvalue weighted by Crippen LogP contribution is -2.39. The summed E-state index contributed by atoms with van der Waals surface area (Å²) < 4.78 is 11.2. The molecule has 1 unspecified atom stereocenters. The number of aliphatic hydroxyl groups excluding tert-OH is 1. The maximum atomic E-state index is 12.4. The van der Waals surface area contributed by atoms with Crippen molar-refractivity contribution in [2.24, 2.45) is 0 Å². The number of morpholine rings is 1. The van der Waals surface area contributed by atoms with Gasteiger partial charge in [0.15, 0.2) is 0 Å². The molecule has 2 aromatic rings. The van der Waals surface area contributed by atoms with Crippen LogP contribution in [0.5, 0.6) is 5.75 Å². The summed E-state index contributed by atoms with van der Waals surface area (Å²) in [6.07, 6.45) is 5.98. The standard InChI is InChI=1S/C27H32N2O4/c30-25(20-28-14-12-23(13-15-28)22-6-2-1-3-7-22)21-33-26-9-5-4-8-24(26)10-11-27(31)29-16-18-32-19-17-29/h1-12,25,30H,13-21H2. The van der Waals surface area contributed by atoms with Crippen LogP contribution in [-0.4, -0.2) is 79.5 Å². The molecule has 0 saturated carbocycles. The van der Waals surface area contributed by atoms with Gasteiger partial charge in [-0.2, -0.15) is 0 Å². The van der Waals surface area contributed by atoms with E-state index in [0.717, 1.165) is 25.1 Å².